The predicted octanol–water partition coefficient (Wildman–Crippen LogP) is 4.98. The molecule has 0 saturated carbocycles. The van der Waals surface area contributed by atoms with Gasteiger partial charge in [0.1, 0.15) is 16.9 Å². The maximum Gasteiger partial charge on any atom is 0.224 e. The lowest BCUT2D eigenvalue weighted by molar-refractivity contribution is -0.117. The van der Waals surface area contributed by atoms with Crippen LogP contribution in [0.3, 0.4) is 0 Å². The van der Waals surface area contributed by atoms with E-state index in [4.69, 9.17) is 9.15 Å². The Bertz CT molecular complexity index is 963. The van der Waals surface area contributed by atoms with E-state index >= 15 is 0 Å². The van der Waals surface area contributed by atoms with Gasteiger partial charge in [0.15, 0.2) is 0 Å². The quantitative estimate of drug-likeness (QED) is 0.631. The van der Waals surface area contributed by atoms with Crippen molar-refractivity contribution in [3.05, 3.63) is 36.4 Å². The van der Waals surface area contributed by atoms with Gasteiger partial charge in [0, 0.05) is 23.3 Å². The first-order chi connectivity index (χ1) is 13.2. The number of carbonyl (C=O) groups is 1. The number of furan rings is 1. The lowest BCUT2D eigenvalue weighted by Gasteiger charge is -2.27. The fraction of sp³-hybridized carbons (Fsp3) is 0.409. The zero-order valence-electron chi connectivity index (χ0n) is 16.3. The molecule has 1 aliphatic rings. The second-order valence-electron chi connectivity index (χ2n) is 7.46. The number of ether oxygens (including phenoxy) is 1. The number of hydrogen-bond donors (Lipinski definition) is 2. The van der Waals surface area contributed by atoms with Crippen molar-refractivity contribution in [2.45, 2.75) is 26.2 Å². The van der Waals surface area contributed by atoms with Gasteiger partial charge in [0.25, 0.3) is 0 Å². The Balaban J connectivity index is 0.00000225. The molecule has 3 aromatic rings. The van der Waals surface area contributed by atoms with E-state index in [1.165, 1.54) is 0 Å². The summed E-state index contributed by atoms with van der Waals surface area (Å²) in [5.74, 6) is 1.65. The van der Waals surface area contributed by atoms with Crippen LogP contribution in [0.25, 0.3) is 21.9 Å². The number of carbonyl (C=O) groups excluding carboxylic acids is 1. The van der Waals surface area contributed by atoms with Crippen molar-refractivity contribution < 1.29 is 13.9 Å². The molecule has 0 aliphatic carbocycles. The Morgan fingerprint density at radius 3 is 2.71 bits per heavy atom. The molecule has 28 heavy (non-hydrogen) atoms. The molecule has 0 spiro atoms. The molecular formula is C22H27ClN2O3. The number of anilines is 1. The van der Waals surface area contributed by atoms with E-state index in [-0.39, 0.29) is 18.3 Å². The molecule has 1 saturated heterocycles. The lowest BCUT2D eigenvalue weighted by atomic mass is 9.84. The Hall–Kier alpha value is -2.24. The number of hydrogen-bond acceptors (Lipinski definition) is 4. The van der Waals surface area contributed by atoms with Crippen molar-refractivity contribution in [1.82, 2.24) is 5.32 Å². The molecule has 150 valence electrons. The summed E-state index contributed by atoms with van der Waals surface area (Å²) in [4.78, 5) is 12.6. The molecule has 1 unspecified atom stereocenters. The fourth-order valence-electron chi connectivity index (χ4n) is 4.09. The first-order valence-corrected chi connectivity index (χ1v) is 9.65. The topological polar surface area (TPSA) is 63.5 Å². The Kier molecular flexibility index (Phi) is 6.47. The molecule has 0 bridgehead atoms. The van der Waals surface area contributed by atoms with Crippen LogP contribution in [0.15, 0.2) is 40.8 Å². The number of piperidine rings is 1. The molecule has 1 fully saturated rings. The molecular weight excluding hydrogens is 376 g/mol. The number of rotatable bonds is 5. The molecule has 0 radical (unpaired) electrons. The highest BCUT2D eigenvalue weighted by Gasteiger charge is 2.22. The van der Waals surface area contributed by atoms with Crippen LogP contribution in [-0.2, 0) is 4.79 Å². The van der Waals surface area contributed by atoms with E-state index in [2.05, 4.69) is 17.6 Å². The number of nitrogens with one attached hydrogen (secondary N) is 2. The first kappa shape index (κ1) is 20.5. The van der Waals surface area contributed by atoms with Gasteiger partial charge in [-0.25, -0.2) is 0 Å². The summed E-state index contributed by atoms with van der Waals surface area (Å²) in [6, 6.07) is 11.7. The molecule has 1 aliphatic heterocycles. The van der Waals surface area contributed by atoms with Gasteiger partial charge in [-0.3, -0.25) is 4.79 Å². The molecule has 1 atom stereocenters. The van der Waals surface area contributed by atoms with Crippen LogP contribution in [0.2, 0.25) is 0 Å². The van der Waals surface area contributed by atoms with Crippen molar-refractivity contribution in [2.75, 3.05) is 25.5 Å². The second-order valence-corrected chi connectivity index (χ2v) is 7.46. The van der Waals surface area contributed by atoms with Gasteiger partial charge in [-0.15, -0.1) is 12.4 Å². The van der Waals surface area contributed by atoms with E-state index in [0.29, 0.717) is 29.7 Å². The van der Waals surface area contributed by atoms with Crippen molar-refractivity contribution in [3.8, 4) is 5.75 Å². The van der Waals surface area contributed by atoms with Crippen LogP contribution in [-0.4, -0.2) is 26.1 Å². The van der Waals surface area contributed by atoms with Crippen molar-refractivity contribution in [3.63, 3.8) is 0 Å². The first-order valence-electron chi connectivity index (χ1n) is 9.65. The van der Waals surface area contributed by atoms with Gasteiger partial charge >= 0.3 is 0 Å². The van der Waals surface area contributed by atoms with Crippen molar-refractivity contribution >= 4 is 45.9 Å². The Labute approximate surface area is 171 Å². The molecule has 6 heteroatoms. The Morgan fingerprint density at radius 2 is 1.96 bits per heavy atom. The minimum Gasteiger partial charge on any atom is -0.495 e. The maximum absolute atomic E-state index is 12.6. The number of fused-ring (bicyclic) bond motifs is 3. The van der Waals surface area contributed by atoms with Gasteiger partial charge in [0.05, 0.1) is 12.8 Å². The third-order valence-electron chi connectivity index (χ3n) is 5.67. The minimum atomic E-state index is 0. The number of para-hydroxylation sites is 1. The summed E-state index contributed by atoms with van der Waals surface area (Å²) < 4.78 is 11.5. The summed E-state index contributed by atoms with van der Waals surface area (Å²) in [6.45, 7) is 4.27. The van der Waals surface area contributed by atoms with Crippen LogP contribution in [0.1, 0.15) is 26.2 Å². The summed E-state index contributed by atoms with van der Waals surface area (Å²) in [5.41, 5.74) is 2.24. The lowest BCUT2D eigenvalue weighted by Crippen LogP contribution is -2.32. The van der Waals surface area contributed by atoms with Crippen molar-refractivity contribution in [2.24, 2.45) is 11.8 Å². The molecule has 5 nitrogen and oxygen atoms in total. The van der Waals surface area contributed by atoms with Crippen LogP contribution in [0, 0.1) is 11.8 Å². The third kappa shape index (κ3) is 4.10. The zero-order valence-corrected chi connectivity index (χ0v) is 17.1. The average molecular weight is 403 g/mol. The number of amides is 1. The third-order valence-corrected chi connectivity index (χ3v) is 5.67. The monoisotopic (exact) mass is 402 g/mol. The van der Waals surface area contributed by atoms with Gasteiger partial charge in [0.2, 0.25) is 5.91 Å². The fourth-order valence-corrected chi connectivity index (χ4v) is 4.09. The normalized spacial score (nSPS) is 15.9. The van der Waals surface area contributed by atoms with Gasteiger partial charge in [-0.05, 0) is 49.9 Å². The highest BCUT2D eigenvalue weighted by molar-refractivity contribution is 6.07. The zero-order chi connectivity index (χ0) is 18.8. The predicted molar refractivity (Wildman–Crippen MR) is 116 cm³/mol. The van der Waals surface area contributed by atoms with Crippen LogP contribution < -0.4 is 15.4 Å². The van der Waals surface area contributed by atoms with Crippen LogP contribution in [0.4, 0.5) is 5.69 Å². The van der Waals surface area contributed by atoms with E-state index < -0.39 is 0 Å². The van der Waals surface area contributed by atoms with E-state index in [1.807, 2.05) is 36.4 Å². The number of benzene rings is 2. The second kappa shape index (κ2) is 8.84. The molecule has 2 heterocycles. The molecule has 2 N–H and O–H groups in total. The minimum absolute atomic E-state index is 0. The highest BCUT2D eigenvalue weighted by atomic mass is 35.5. The summed E-state index contributed by atoms with van der Waals surface area (Å²) in [5, 5.41) is 8.44. The summed E-state index contributed by atoms with van der Waals surface area (Å²) in [6.07, 6.45) is 2.80. The molecule has 1 aromatic heterocycles. The van der Waals surface area contributed by atoms with Crippen LogP contribution >= 0.6 is 12.4 Å². The van der Waals surface area contributed by atoms with Crippen LogP contribution in [0.5, 0.6) is 5.75 Å². The largest absolute Gasteiger partial charge is 0.495 e. The molecule has 1 amide bonds. The maximum atomic E-state index is 12.6. The summed E-state index contributed by atoms with van der Waals surface area (Å²) >= 11 is 0. The molecule has 4 rings (SSSR count). The average Bonchev–Trinajstić information content (AvgIpc) is 3.05. The van der Waals surface area contributed by atoms with E-state index in [1.54, 1.807) is 7.11 Å². The number of methoxy groups -OCH3 is 1. The van der Waals surface area contributed by atoms with Gasteiger partial charge in [-0.1, -0.05) is 25.1 Å². The SMILES string of the molecule is COc1cc2c(cc1NC(=O)CC(C)C1CCNCC1)oc1ccccc12.Cl. The summed E-state index contributed by atoms with van der Waals surface area (Å²) in [7, 11) is 1.62. The highest BCUT2D eigenvalue weighted by Crippen LogP contribution is 2.36. The smallest absolute Gasteiger partial charge is 0.224 e. The Morgan fingerprint density at radius 1 is 1.21 bits per heavy atom. The van der Waals surface area contributed by atoms with E-state index in [0.717, 1.165) is 47.9 Å². The van der Waals surface area contributed by atoms with Gasteiger partial charge in [-0.2, -0.15) is 0 Å². The standard InChI is InChI=1S/C22H26N2O3.ClH/c1-14(15-7-9-23-10-8-15)11-22(25)24-18-13-20-17(12-21(18)26-2)16-5-3-4-6-19(16)27-20;/h3-6,12-15,23H,7-11H2,1-2H3,(H,24,25);1H. The van der Waals surface area contributed by atoms with E-state index in [9.17, 15) is 4.79 Å². The molecule has 2 aromatic carbocycles. The number of halogens is 1. The van der Waals surface area contributed by atoms with Crippen molar-refractivity contribution in [1.29, 1.82) is 0 Å². The van der Waals surface area contributed by atoms with Gasteiger partial charge < -0.3 is 19.8 Å².